The van der Waals surface area contributed by atoms with Gasteiger partial charge < -0.3 is 37.9 Å². The SMILES string of the molecule is CC1CC2CC(C)C3(OC(COC(=O)C45CC6CC(C4)C4(OCC(F)(F)C(F)(F)CO4)C(C6)C5)C(COC(=O)C45CC6CC(C4)C4(OCC(F)(F)C(F)(F)CO4)C(C6)C5)O3)C(C1)C2. The van der Waals surface area contributed by atoms with Crippen molar-refractivity contribution in [3.8, 4) is 0 Å². The highest BCUT2D eigenvalue weighted by Crippen LogP contribution is 2.68. The van der Waals surface area contributed by atoms with Crippen molar-refractivity contribution in [3.63, 3.8) is 0 Å². The van der Waals surface area contributed by atoms with Crippen molar-refractivity contribution in [1.29, 1.82) is 0 Å². The number of rotatable bonds is 6. The maximum Gasteiger partial charge on any atom is 0.335 e. The van der Waals surface area contributed by atoms with E-state index < -0.39 is 126 Å². The Morgan fingerprint density at radius 2 is 0.825 bits per heavy atom. The van der Waals surface area contributed by atoms with Gasteiger partial charge in [-0.3, -0.25) is 9.59 Å². The number of carbonyl (C=O) groups is 2. The molecule has 0 N–H and O–H groups in total. The Morgan fingerprint density at radius 1 is 0.460 bits per heavy atom. The Bertz CT molecular complexity index is 1680. The summed E-state index contributed by atoms with van der Waals surface area (Å²) in [7, 11) is 0. The number of hydrogen-bond acceptors (Lipinski definition) is 10. The molecule has 10 nitrogen and oxygen atoms in total. The first-order valence-corrected chi connectivity index (χ1v) is 23.3. The fraction of sp³-hybridized carbons (Fsp3) is 0.956. The molecule has 0 aromatic carbocycles. The molecule has 10 unspecified atom stereocenters. The highest BCUT2D eigenvalue weighted by Gasteiger charge is 2.73. The Kier molecular flexibility index (Phi) is 9.78. The zero-order valence-electron chi connectivity index (χ0n) is 35.7. The van der Waals surface area contributed by atoms with Gasteiger partial charge in [-0.25, -0.2) is 0 Å². The van der Waals surface area contributed by atoms with Gasteiger partial charge in [0.2, 0.25) is 0 Å². The van der Waals surface area contributed by atoms with Crippen LogP contribution in [0.5, 0.6) is 0 Å². The summed E-state index contributed by atoms with van der Waals surface area (Å²) >= 11 is 0. The van der Waals surface area contributed by atoms with Crippen molar-refractivity contribution in [2.45, 2.75) is 157 Å². The molecule has 18 heteroatoms. The third-order valence-electron chi connectivity index (χ3n) is 18.3. The van der Waals surface area contributed by atoms with E-state index in [2.05, 4.69) is 13.8 Å². The molecule has 0 radical (unpaired) electrons. The molecule has 3 saturated heterocycles. The van der Waals surface area contributed by atoms with Crippen LogP contribution in [-0.4, -0.2) is 105 Å². The Hall–Kier alpha value is -1.86. The maximum absolute atomic E-state index is 14.4. The molecule has 0 aromatic rings. The van der Waals surface area contributed by atoms with E-state index in [0.717, 1.165) is 25.7 Å². The summed E-state index contributed by atoms with van der Waals surface area (Å²) in [6, 6.07) is 0. The van der Waals surface area contributed by atoms with Crippen molar-refractivity contribution in [3.05, 3.63) is 0 Å². The van der Waals surface area contributed by atoms with Gasteiger partial charge >= 0.3 is 35.6 Å². The molecule has 10 aliphatic carbocycles. The first-order chi connectivity index (χ1) is 29.5. The average Bonchev–Trinajstić information content (AvgIpc) is 3.50. The Morgan fingerprint density at radius 3 is 1.21 bits per heavy atom. The molecule has 3 aliphatic heterocycles. The molecule has 63 heavy (non-hydrogen) atoms. The van der Waals surface area contributed by atoms with Crippen LogP contribution < -0.4 is 0 Å². The number of alkyl halides is 8. The molecule has 0 aromatic heterocycles. The van der Waals surface area contributed by atoms with Crippen LogP contribution in [0.2, 0.25) is 0 Å². The standard InChI is InChI=1S/C45H58F8O10/c1-23-3-25-5-24(2)43(28(4-23)6-25)62-33(17-56-35(54)37-11-26-7-29(13-37)44(30(8-26)14-37)58-19-39(46,47)40(48,49)20-59-44)34(63-43)18-57-36(55)38-12-27-9-31(15-38)45(32(10-27)16-38)60-21-41(50,51)42(52,53)22-61-45/h23-34H,3-22H2,1-2H3. The molecule has 10 atom stereocenters. The number of hydrogen-bond donors (Lipinski definition) is 0. The average molecular weight is 911 g/mol. The summed E-state index contributed by atoms with van der Waals surface area (Å²) in [5, 5.41) is 0. The first-order valence-electron chi connectivity index (χ1n) is 23.3. The number of fused-ring (bicyclic) bond motifs is 3. The van der Waals surface area contributed by atoms with Gasteiger partial charge in [-0.15, -0.1) is 0 Å². The summed E-state index contributed by atoms with van der Waals surface area (Å²) in [6.07, 6.45) is 5.77. The molecule has 10 bridgehead atoms. The lowest BCUT2D eigenvalue weighted by atomic mass is 9.47. The molecule has 13 fully saturated rings. The minimum Gasteiger partial charge on any atom is -0.462 e. The van der Waals surface area contributed by atoms with Crippen LogP contribution in [0, 0.1) is 70.0 Å². The molecule has 3 spiro atoms. The van der Waals surface area contributed by atoms with Crippen LogP contribution in [0.4, 0.5) is 35.1 Å². The summed E-state index contributed by atoms with van der Waals surface area (Å²) in [6.45, 7) is -2.03. The molecule has 354 valence electrons. The van der Waals surface area contributed by atoms with Gasteiger partial charge in [0, 0.05) is 35.5 Å². The third kappa shape index (κ3) is 6.41. The maximum atomic E-state index is 14.4. The number of ether oxygens (including phenoxy) is 8. The topological polar surface area (TPSA) is 108 Å². The number of esters is 2. The largest absolute Gasteiger partial charge is 0.462 e. The lowest BCUT2D eigenvalue weighted by Crippen LogP contribution is -2.65. The highest BCUT2D eigenvalue weighted by atomic mass is 19.3. The van der Waals surface area contributed by atoms with E-state index in [1.165, 1.54) is 0 Å². The lowest BCUT2D eigenvalue weighted by molar-refractivity contribution is -0.346. The second-order valence-electron chi connectivity index (χ2n) is 22.4. The molecular weight excluding hydrogens is 852 g/mol. The fourth-order valence-corrected chi connectivity index (χ4v) is 15.9. The minimum atomic E-state index is -4.40. The van der Waals surface area contributed by atoms with E-state index in [1.54, 1.807) is 0 Å². The molecular formula is C45H58F8O10. The van der Waals surface area contributed by atoms with E-state index in [0.29, 0.717) is 50.4 Å². The van der Waals surface area contributed by atoms with E-state index in [9.17, 15) is 44.7 Å². The summed E-state index contributed by atoms with van der Waals surface area (Å²) in [5.41, 5.74) is -2.00. The highest BCUT2D eigenvalue weighted by molar-refractivity contribution is 5.78. The Balaban J connectivity index is 0.800. The zero-order chi connectivity index (χ0) is 44.4. The molecule has 10 saturated carbocycles. The van der Waals surface area contributed by atoms with Crippen LogP contribution in [0.15, 0.2) is 0 Å². The van der Waals surface area contributed by atoms with Gasteiger partial charge in [0.1, 0.15) is 51.8 Å². The van der Waals surface area contributed by atoms with Gasteiger partial charge in [0.15, 0.2) is 17.4 Å². The predicted octanol–water partition coefficient (Wildman–Crippen LogP) is 8.33. The normalized spacial score (nSPS) is 49.7. The zero-order valence-corrected chi connectivity index (χ0v) is 35.7. The Labute approximate surface area is 360 Å². The molecule has 3 heterocycles. The monoisotopic (exact) mass is 910 g/mol. The fourth-order valence-electron chi connectivity index (χ4n) is 15.9. The van der Waals surface area contributed by atoms with Gasteiger partial charge in [-0.1, -0.05) is 13.8 Å². The van der Waals surface area contributed by atoms with Crippen molar-refractivity contribution < 1.29 is 82.6 Å². The lowest BCUT2D eigenvalue weighted by Gasteiger charge is -2.62. The van der Waals surface area contributed by atoms with Gasteiger partial charge in [0.05, 0.1) is 10.8 Å². The van der Waals surface area contributed by atoms with E-state index in [1.807, 2.05) is 0 Å². The van der Waals surface area contributed by atoms with Crippen molar-refractivity contribution >= 4 is 11.9 Å². The quantitative estimate of drug-likeness (QED) is 0.191. The summed E-state index contributed by atoms with van der Waals surface area (Å²) < 4.78 is 164. The van der Waals surface area contributed by atoms with Gasteiger partial charge in [-0.05, 0) is 114 Å². The molecule has 13 aliphatic rings. The molecule has 0 amide bonds. The minimum absolute atomic E-state index is 0.0231. The summed E-state index contributed by atoms with van der Waals surface area (Å²) in [5.74, 6) is -24.1. The third-order valence-corrected chi connectivity index (χ3v) is 18.3. The van der Waals surface area contributed by atoms with Crippen molar-refractivity contribution in [2.75, 3.05) is 39.6 Å². The van der Waals surface area contributed by atoms with E-state index >= 15 is 0 Å². The van der Waals surface area contributed by atoms with Crippen LogP contribution in [-0.2, 0) is 47.5 Å². The number of halogens is 8. The van der Waals surface area contributed by atoms with Crippen LogP contribution in [0.3, 0.4) is 0 Å². The number of carbonyl (C=O) groups excluding carboxylic acids is 2. The second kappa shape index (κ2) is 14.1. The van der Waals surface area contributed by atoms with Gasteiger partial charge in [-0.2, -0.15) is 35.1 Å². The van der Waals surface area contributed by atoms with Gasteiger partial charge in [0.25, 0.3) is 0 Å². The smallest absolute Gasteiger partial charge is 0.335 e. The predicted molar refractivity (Wildman–Crippen MR) is 199 cm³/mol. The van der Waals surface area contributed by atoms with Crippen LogP contribution in [0.1, 0.15) is 104 Å². The van der Waals surface area contributed by atoms with E-state index in [-0.39, 0.29) is 62.6 Å². The van der Waals surface area contributed by atoms with Crippen LogP contribution >= 0.6 is 0 Å². The van der Waals surface area contributed by atoms with Crippen molar-refractivity contribution in [2.24, 2.45) is 70.0 Å². The molecule has 13 rings (SSSR count). The van der Waals surface area contributed by atoms with Crippen molar-refractivity contribution in [1.82, 2.24) is 0 Å². The first kappa shape index (κ1) is 43.7. The van der Waals surface area contributed by atoms with E-state index in [4.69, 9.17) is 37.9 Å². The summed E-state index contributed by atoms with van der Waals surface area (Å²) in [4.78, 5) is 28.7. The van der Waals surface area contributed by atoms with Crippen LogP contribution in [0.25, 0.3) is 0 Å². The second-order valence-corrected chi connectivity index (χ2v) is 22.4.